The van der Waals surface area contributed by atoms with E-state index in [1.807, 2.05) is 10.6 Å². The molecule has 148 valence electrons. The van der Waals surface area contributed by atoms with Crippen LogP contribution in [0.3, 0.4) is 0 Å². The molecule has 0 amide bonds. The number of fused-ring (bicyclic) bond motifs is 1. The van der Waals surface area contributed by atoms with Gasteiger partial charge in [-0.2, -0.15) is 4.52 Å². The van der Waals surface area contributed by atoms with Gasteiger partial charge in [0.2, 0.25) is 0 Å². The summed E-state index contributed by atoms with van der Waals surface area (Å²) in [5, 5.41) is 13.4. The van der Waals surface area contributed by atoms with Crippen LogP contribution < -0.4 is 4.90 Å². The van der Waals surface area contributed by atoms with E-state index in [9.17, 15) is 0 Å². The molecule has 2 aromatic rings. The average Bonchev–Trinajstić information content (AvgIpc) is 3.31. The van der Waals surface area contributed by atoms with Crippen LogP contribution >= 0.6 is 0 Å². The Balaban J connectivity index is 1.33. The fraction of sp³-hybridized carbons (Fsp3) is 0.750. The van der Waals surface area contributed by atoms with Crippen LogP contribution in [0.5, 0.6) is 0 Å². The fourth-order valence-electron chi connectivity index (χ4n) is 4.02. The van der Waals surface area contributed by atoms with Crippen molar-refractivity contribution in [2.75, 3.05) is 44.2 Å². The summed E-state index contributed by atoms with van der Waals surface area (Å²) in [5.41, 5.74) is 0.727. The van der Waals surface area contributed by atoms with Gasteiger partial charge in [-0.1, -0.05) is 20.8 Å². The molecular formula is C20H32N6O. The highest BCUT2D eigenvalue weighted by atomic mass is 16.5. The first-order valence-electron chi connectivity index (χ1n) is 10.3. The lowest BCUT2D eigenvalue weighted by Gasteiger charge is -2.33. The molecule has 4 heterocycles. The van der Waals surface area contributed by atoms with Gasteiger partial charge in [0.25, 0.3) is 0 Å². The number of ether oxygens (including phenoxy) is 1. The molecule has 0 atom stereocenters. The maximum Gasteiger partial charge on any atom is 0.178 e. The number of aromatic nitrogens is 4. The Morgan fingerprint density at radius 3 is 2.48 bits per heavy atom. The second kappa shape index (κ2) is 7.72. The second-order valence-corrected chi connectivity index (χ2v) is 8.84. The maximum atomic E-state index is 6.14. The third kappa shape index (κ3) is 4.24. The summed E-state index contributed by atoms with van der Waals surface area (Å²) < 4.78 is 8.03. The van der Waals surface area contributed by atoms with Crippen LogP contribution in [0.1, 0.15) is 52.3 Å². The van der Waals surface area contributed by atoms with E-state index in [4.69, 9.17) is 9.84 Å². The summed E-state index contributed by atoms with van der Waals surface area (Å²) in [5.74, 6) is 1.91. The van der Waals surface area contributed by atoms with Gasteiger partial charge in [0, 0.05) is 25.0 Å². The van der Waals surface area contributed by atoms with Crippen molar-refractivity contribution in [3.8, 4) is 0 Å². The summed E-state index contributed by atoms with van der Waals surface area (Å²) in [4.78, 5) is 4.87. The van der Waals surface area contributed by atoms with Crippen molar-refractivity contribution in [3.63, 3.8) is 0 Å². The van der Waals surface area contributed by atoms with Crippen molar-refractivity contribution in [2.24, 2.45) is 0 Å². The average molecular weight is 373 g/mol. The number of likely N-dealkylation sites (tertiary alicyclic amines) is 1. The molecule has 0 saturated carbocycles. The standard InChI is InChI=1S/C20H32N6O/c1-20(2,3)19-22-21-17-6-7-18(23-26(17)19)25-12-8-16(9-13-25)27-15-14-24-10-4-5-11-24/h6-7,16H,4-5,8-15H2,1-3H3. The number of nitrogens with zero attached hydrogens (tertiary/aromatic N) is 6. The number of hydrogen-bond acceptors (Lipinski definition) is 6. The minimum atomic E-state index is -0.0821. The van der Waals surface area contributed by atoms with Crippen molar-refractivity contribution >= 4 is 11.5 Å². The van der Waals surface area contributed by atoms with E-state index >= 15 is 0 Å². The predicted molar refractivity (Wildman–Crippen MR) is 106 cm³/mol. The molecule has 2 fully saturated rings. The molecular weight excluding hydrogens is 340 g/mol. The first kappa shape index (κ1) is 18.6. The minimum absolute atomic E-state index is 0.0821. The third-order valence-electron chi connectivity index (χ3n) is 5.65. The van der Waals surface area contributed by atoms with E-state index in [1.165, 1.54) is 25.9 Å². The van der Waals surface area contributed by atoms with E-state index in [-0.39, 0.29) is 5.41 Å². The fourth-order valence-corrected chi connectivity index (χ4v) is 4.02. The summed E-state index contributed by atoms with van der Waals surface area (Å²) in [6, 6.07) is 4.08. The van der Waals surface area contributed by atoms with Gasteiger partial charge in [-0.05, 0) is 50.9 Å². The molecule has 0 bridgehead atoms. The Morgan fingerprint density at radius 1 is 1.04 bits per heavy atom. The summed E-state index contributed by atoms with van der Waals surface area (Å²) in [6.45, 7) is 12.8. The highest BCUT2D eigenvalue weighted by Crippen LogP contribution is 2.23. The predicted octanol–water partition coefficient (Wildman–Crippen LogP) is 2.50. The number of rotatable bonds is 5. The molecule has 0 aromatic carbocycles. The van der Waals surface area contributed by atoms with Gasteiger partial charge >= 0.3 is 0 Å². The number of hydrogen-bond donors (Lipinski definition) is 0. The van der Waals surface area contributed by atoms with Gasteiger partial charge in [0.1, 0.15) is 5.82 Å². The quantitative estimate of drug-likeness (QED) is 0.804. The van der Waals surface area contributed by atoms with E-state index in [1.54, 1.807) is 0 Å². The van der Waals surface area contributed by atoms with Crippen molar-refractivity contribution < 1.29 is 4.74 Å². The molecule has 27 heavy (non-hydrogen) atoms. The molecule has 0 spiro atoms. The van der Waals surface area contributed by atoms with Gasteiger partial charge in [-0.25, -0.2) is 0 Å². The lowest BCUT2D eigenvalue weighted by Crippen LogP contribution is -2.38. The smallest absolute Gasteiger partial charge is 0.178 e. The Bertz CT molecular complexity index is 753. The molecule has 0 N–H and O–H groups in total. The van der Waals surface area contributed by atoms with Gasteiger partial charge in [0.15, 0.2) is 11.5 Å². The van der Waals surface area contributed by atoms with E-state index in [2.05, 4.69) is 46.8 Å². The molecule has 4 rings (SSSR count). The topological polar surface area (TPSA) is 58.8 Å². The van der Waals surface area contributed by atoms with Crippen LogP contribution in [-0.4, -0.2) is 70.1 Å². The van der Waals surface area contributed by atoms with Crippen molar-refractivity contribution in [3.05, 3.63) is 18.0 Å². The Hall–Kier alpha value is -1.73. The molecule has 2 saturated heterocycles. The summed E-state index contributed by atoms with van der Waals surface area (Å²) in [6.07, 6.45) is 5.20. The van der Waals surface area contributed by atoms with Crippen LogP contribution in [0.15, 0.2) is 12.1 Å². The van der Waals surface area contributed by atoms with Gasteiger partial charge < -0.3 is 14.5 Å². The van der Waals surface area contributed by atoms with Gasteiger partial charge in [-0.15, -0.1) is 15.3 Å². The second-order valence-electron chi connectivity index (χ2n) is 8.84. The van der Waals surface area contributed by atoms with Crippen molar-refractivity contribution in [2.45, 2.75) is 58.0 Å². The summed E-state index contributed by atoms with van der Waals surface area (Å²) >= 11 is 0. The molecule has 7 heteroatoms. The highest BCUT2D eigenvalue weighted by Gasteiger charge is 2.24. The van der Waals surface area contributed by atoms with Crippen LogP contribution in [0, 0.1) is 0 Å². The van der Waals surface area contributed by atoms with Crippen molar-refractivity contribution in [1.29, 1.82) is 0 Å². The zero-order chi connectivity index (χ0) is 18.9. The molecule has 2 aliphatic heterocycles. The molecule has 7 nitrogen and oxygen atoms in total. The van der Waals surface area contributed by atoms with Crippen LogP contribution in [0.25, 0.3) is 5.65 Å². The maximum absolute atomic E-state index is 6.14. The minimum Gasteiger partial charge on any atom is -0.377 e. The molecule has 0 radical (unpaired) electrons. The van der Waals surface area contributed by atoms with E-state index in [0.29, 0.717) is 6.10 Å². The molecule has 0 aliphatic carbocycles. The van der Waals surface area contributed by atoms with Crippen LogP contribution in [0.2, 0.25) is 0 Å². The van der Waals surface area contributed by atoms with Crippen molar-refractivity contribution in [1.82, 2.24) is 24.7 Å². The lowest BCUT2D eigenvalue weighted by molar-refractivity contribution is 0.0265. The molecule has 2 aliphatic rings. The Kier molecular flexibility index (Phi) is 5.32. The third-order valence-corrected chi connectivity index (χ3v) is 5.65. The number of piperidine rings is 1. The first-order valence-corrected chi connectivity index (χ1v) is 10.3. The molecule has 0 unspecified atom stereocenters. The number of anilines is 1. The summed E-state index contributed by atoms with van der Waals surface area (Å²) in [7, 11) is 0. The normalized spacial score (nSPS) is 20.0. The van der Waals surface area contributed by atoms with E-state index in [0.717, 1.165) is 56.4 Å². The highest BCUT2D eigenvalue weighted by molar-refractivity contribution is 5.46. The van der Waals surface area contributed by atoms with E-state index < -0.39 is 0 Å². The Morgan fingerprint density at radius 2 is 1.78 bits per heavy atom. The zero-order valence-corrected chi connectivity index (χ0v) is 16.9. The lowest BCUT2D eigenvalue weighted by atomic mass is 9.96. The zero-order valence-electron chi connectivity index (χ0n) is 16.9. The monoisotopic (exact) mass is 372 g/mol. The Labute approximate surface area is 161 Å². The van der Waals surface area contributed by atoms with Gasteiger partial charge in [0.05, 0.1) is 12.7 Å². The van der Waals surface area contributed by atoms with Gasteiger partial charge in [-0.3, -0.25) is 0 Å². The first-order chi connectivity index (χ1) is 13.0. The van der Waals surface area contributed by atoms with Crippen LogP contribution in [0.4, 0.5) is 5.82 Å². The largest absolute Gasteiger partial charge is 0.377 e. The molecule has 2 aromatic heterocycles. The SMILES string of the molecule is CC(C)(C)c1nnc2ccc(N3CCC(OCCN4CCCC4)CC3)nn12. The van der Waals surface area contributed by atoms with Crippen LogP contribution in [-0.2, 0) is 10.2 Å².